The van der Waals surface area contributed by atoms with Gasteiger partial charge in [-0.15, -0.1) is 0 Å². The maximum absolute atomic E-state index is 11.6. The number of aliphatic carboxylic acids is 1. The van der Waals surface area contributed by atoms with Crippen LogP contribution in [0.1, 0.15) is 44.3 Å². The smallest absolute Gasteiger partial charge is 0.310 e. The molecule has 1 saturated heterocycles. The summed E-state index contributed by atoms with van der Waals surface area (Å²) in [7, 11) is 0. The predicted octanol–water partition coefficient (Wildman–Crippen LogP) is 1.84. The third-order valence-electron chi connectivity index (χ3n) is 3.77. The first-order valence-corrected chi connectivity index (χ1v) is 6.81. The van der Waals surface area contributed by atoms with Gasteiger partial charge in [-0.05, 0) is 25.8 Å². The fourth-order valence-corrected chi connectivity index (χ4v) is 2.93. The fraction of sp³-hybridized carbons (Fsp3) is 0.769. The zero-order chi connectivity index (χ0) is 13.9. The second-order valence-corrected chi connectivity index (χ2v) is 5.38. The molecule has 0 radical (unpaired) electrons. The summed E-state index contributed by atoms with van der Waals surface area (Å²) in [4.78, 5) is 17.9. The van der Waals surface area contributed by atoms with E-state index in [1.165, 1.54) is 0 Å². The Labute approximate surface area is 112 Å². The van der Waals surface area contributed by atoms with Gasteiger partial charge in [0.1, 0.15) is 0 Å². The molecule has 106 valence electrons. The zero-order valence-corrected chi connectivity index (χ0v) is 11.6. The van der Waals surface area contributed by atoms with Crippen molar-refractivity contribution < 1.29 is 14.4 Å². The van der Waals surface area contributed by atoms with Crippen LogP contribution >= 0.6 is 0 Å². The number of carboxylic acids is 1. The van der Waals surface area contributed by atoms with Crippen molar-refractivity contribution in [3.05, 3.63) is 11.7 Å². The van der Waals surface area contributed by atoms with Crippen LogP contribution < -0.4 is 0 Å². The molecule has 2 rings (SSSR count). The Morgan fingerprint density at radius 2 is 2.37 bits per heavy atom. The number of aromatic nitrogens is 2. The topological polar surface area (TPSA) is 79.5 Å². The Balaban J connectivity index is 2.05. The van der Waals surface area contributed by atoms with E-state index in [4.69, 9.17) is 4.52 Å². The van der Waals surface area contributed by atoms with E-state index < -0.39 is 11.4 Å². The Hall–Kier alpha value is -1.43. The van der Waals surface area contributed by atoms with Crippen LogP contribution in [0.3, 0.4) is 0 Å². The summed E-state index contributed by atoms with van der Waals surface area (Å²) in [5.74, 6) is 0.503. The van der Waals surface area contributed by atoms with E-state index in [1.54, 1.807) is 6.92 Å². The molecular weight excluding hydrogens is 246 g/mol. The second-order valence-electron chi connectivity index (χ2n) is 5.38. The fourth-order valence-electron chi connectivity index (χ4n) is 2.93. The van der Waals surface area contributed by atoms with Crippen molar-refractivity contribution in [2.75, 3.05) is 13.1 Å². The van der Waals surface area contributed by atoms with Gasteiger partial charge in [-0.3, -0.25) is 9.69 Å². The number of likely N-dealkylation sites (tertiary alicyclic amines) is 1. The van der Waals surface area contributed by atoms with E-state index in [-0.39, 0.29) is 0 Å². The minimum Gasteiger partial charge on any atom is -0.481 e. The quantitative estimate of drug-likeness (QED) is 0.877. The molecule has 1 atom stereocenters. The van der Waals surface area contributed by atoms with E-state index in [0.29, 0.717) is 24.8 Å². The average Bonchev–Trinajstić information content (AvgIpc) is 2.75. The summed E-state index contributed by atoms with van der Waals surface area (Å²) in [6.07, 6.45) is 3.28. The van der Waals surface area contributed by atoms with Crippen molar-refractivity contribution in [3.8, 4) is 0 Å². The first-order valence-electron chi connectivity index (χ1n) is 6.81. The highest BCUT2D eigenvalue weighted by Crippen LogP contribution is 2.35. The molecule has 6 heteroatoms. The average molecular weight is 267 g/mol. The third-order valence-corrected chi connectivity index (χ3v) is 3.77. The summed E-state index contributed by atoms with van der Waals surface area (Å²) in [6.45, 7) is 5.82. The van der Waals surface area contributed by atoms with Gasteiger partial charge in [0.2, 0.25) is 5.89 Å². The molecule has 1 aliphatic heterocycles. The van der Waals surface area contributed by atoms with Gasteiger partial charge in [-0.1, -0.05) is 18.5 Å². The number of carbonyl (C=O) groups is 1. The van der Waals surface area contributed by atoms with Crippen molar-refractivity contribution in [2.24, 2.45) is 5.41 Å². The van der Waals surface area contributed by atoms with E-state index >= 15 is 0 Å². The van der Waals surface area contributed by atoms with E-state index in [2.05, 4.69) is 15.0 Å². The Bertz CT molecular complexity index is 442. The SMILES string of the molecule is CCCC1(C(=O)O)CCCN(Cc2noc(C)n2)C1. The van der Waals surface area contributed by atoms with E-state index in [1.807, 2.05) is 6.92 Å². The molecule has 0 spiro atoms. The van der Waals surface area contributed by atoms with Crippen LogP contribution in [0.25, 0.3) is 0 Å². The molecular formula is C13H21N3O3. The maximum Gasteiger partial charge on any atom is 0.310 e. The van der Waals surface area contributed by atoms with Crippen LogP contribution in [-0.4, -0.2) is 39.2 Å². The van der Waals surface area contributed by atoms with Crippen LogP contribution in [-0.2, 0) is 11.3 Å². The lowest BCUT2D eigenvalue weighted by Crippen LogP contribution is -2.47. The van der Waals surface area contributed by atoms with Gasteiger partial charge in [0.25, 0.3) is 0 Å². The molecule has 0 aromatic carbocycles. The molecule has 1 unspecified atom stereocenters. The van der Waals surface area contributed by atoms with E-state index in [0.717, 1.165) is 32.2 Å². The minimum atomic E-state index is -0.677. The standard InChI is InChI=1S/C13H21N3O3/c1-3-5-13(12(17)18)6-4-7-16(9-13)8-11-14-10(2)19-15-11/h3-9H2,1-2H3,(H,17,18). The number of nitrogens with zero attached hydrogens (tertiary/aromatic N) is 3. The first-order chi connectivity index (χ1) is 9.05. The Kier molecular flexibility index (Phi) is 4.19. The second kappa shape index (κ2) is 5.69. The van der Waals surface area contributed by atoms with Crippen LogP contribution in [0.2, 0.25) is 0 Å². The van der Waals surface area contributed by atoms with Crippen LogP contribution in [0, 0.1) is 12.3 Å². The largest absolute Gasteiger partial charge is 0.481 e. The molecule has 2 heterocycles. The summed E-state index contributed by atoms with van der Waals surface area (Å²) in [5.41, 5.74) is -0.605. The summed E-state index contributed by atoms with van der Waals surface area (Å²) < 4.78 is 4.95. The summed E-state index contributed by atoms with van der Waals surface area (Å²) in [6, 6.07) is 0. The number of piperidine rings is 1. The molecule has 1 aliphatic rings. The van der Waals surface area contributed by atoms with Crippen molar-refractivity contribution in [1.29, 1.82) is 0 Å². The van der Waals surface area contributed by atoms with Crippen LogP contribution in [0.4, 0.5) is 0 Å². The monoisotopic (exact) mass is 267 g/mol. The normalized spacial score (nSPS) is 24.5. The Morgan fingerprint density at radius 1 is 1.58 bits per heavy atom. The van der Waals surface area contributed by atoms with Crippen molar-refractivity contribution >= 4 is 5.97 Å². The highest BCUT2D eigenvalue weighted by atomic mass is 16.5. The number of hydrogen-bond donors (Lipinski definition) is 1. The van der Waals surface area contributed by atoms with Crippen LogP contribution in [0.5, 0.6) is 0 Å². The van der Waals surface area contributed by atoms with Gasteiger partial charge in [0.15, 0.2) is 5.82 Å². The first kappa shape index (κ1) is 14.0. The predicted molar refractivity (Wildman–Crippen MR) is 68.5 cm³/mol. The van der Waals surface area contributed by atoms with Crippen LogP contribution in [0.15, 0.2) is 4.52 Å². The van der Waals surface area contributed by atoms with Crippen molar-refractivity contribution in [1.82, 2.24) is 15.0 Å². The summed E-state index contributed by atoms with van der Waals surface area (Å²) in [5, 5.41) is 13.4. The number of hydrogen-bond acceptors (Lipinski definition) is 5. The molecule has 1 N–H and O–H groups in total. The molecule has 0 amide bonds. The van der Waals surface area contributed by atoms with Gasteiger partial charge in [-0.2, -0.15) is 4.98 Å². The molecule has 0 aliphatic carbocycles. The molecule has 0 saturated carbocycles. The number of rotatable bonds is 5. The maximum atomic E-state index is 11.6. The molecule has 0 bridgehead atoms. The van der Waals surface area contributed by atoms with Gasteiger partial charge in [0.05, 0.1) is 12.0 Å². The number of aryl methyl sites for hydroxylation is 1. The highest BCUT2D eigenvalue weighted by Gasteiger charge is 2.41. The van der Waals surface area contributed by atoms with Gasteiger partial charge < -0.3 is 9.63 Å². The van der Waals surface area contributed by atoms with Crippen molar-refractivity contribution in [3.63, 3.8) is 0 Å². The van der Waals surface area contributed by atoms with Crippen molar-refractivity contribution in [2.45, 2.75) is 46.1 Å². The summed E-state index contributed by atoms with van der Waals surface area (Å²) >= 11 is 0. The lowest BCUT2D eigenvalue weighted by atomic mass is 9.76. The third kappa shape index (κ3) is 3.12. The lowest BCUT2D eigenvalue weighted by Gasteiger charge is -2.39. The lowest BCUT2D eigenvalue weighted by molar-refractivity contribution is -0.153. The molecule has 6 nitrogen and oxygen atoms in total. The molecule has 1 aromatic rings. The molecule has 1 aromatic heterocycles. The van der Waals surface area contributed by atoms with Gasteiger partial charge >= 0.3 is 5.97 Å². The van der Waals surface area contributed by atoms with E-state index in [9.17, 15) is 9.90 Å². The van der Waals surface area contributed by atoms with Gasteiger partial charge in [-0.25, -0.2) is 0 Å². The minimum absolute atomic E-state index is 0.546. The molecule has 1 fully saturated rings. The number of carboxylic acid groups (broad SMARTS) is 1. The van der Waals surface area contributed by atoms with Gasteiger partial charge in [0, 0.05) is 13.5 Å². The molecule has 19 heavy (non-hydrogen) atoms. The highest BCUT2D eigenvalue weighted by molar-refractivity contribution is 5.75. The Morgan fingerprint density at radius 3 is 2.95 bits per heavy atom. The zero-order valence-electron chi connectivity index (χ0n) is 11.6.